The van der Waals surface area contributed by atoms with Crippen molar-refractivity contribution in [2.45, 2.75) is 0 Å². The van der Waals surface area contributed by atoms with E-state index in [4.69, 9.17) is 8.83 Å². The minimum Gasteiger partial charge on any atom is -0.454 e. The van der Waals surface area contributed by atoms with Crippen molar-refractivity contribution in [3.63, 3.8) is 0 Å². The van der Waals surface area contributed by atoms with Crippen LogP contribution in [0, 0.1) is 0 Å². The molecule has 0 aliphatic heterocycles. The number of hydrogen-bond acceptors (Lipinski definition) is 6. The third-order valence-corrected chi connectivity index (χ3v) is 8.80. The molecule has 0 aliphatic carbocycles. The van der Waals surface area contributed by atoms with Crippen LogP contribution in [-0.4, -0.2) is 9.97 Å². The van der Waals surface area contributed by atoms with Crippen LogP contribution in [0.1, 0.15) is 0 Å². The highest BCUT2D eigenvalue weighted by Gasteiger charge is 2.18. The number of thiophene rings is 1. The van der Waals surface area contributed by atoms with E-state index >= 15 is 0 Å². The Morgan fingerprint density at radius 3 is 1.68 bits per heavy atom. The SMILES string of the molecule is c1ccc2c(c1)sc1ccc(N(c3ccc4oc5cnccc5c4c3)c3ccc4oc5cnccc5c4c3)cc12. The van der Waals surface area contributed by atoms with E-state index in [1.807, 2.05) is 48.0 Å². The van der Waals surface area contributed by atoms with Gasteiger partial charge < -0.3 is 13.7 Å². The minimum atomic E-state index is 0.784. The van der Waals surface area contributed by atoms with E-state index in [9.17, 15) is 0 Å². The molecule has 0 N–H and O–H groups in total. The number of nitrogens with zero attached hydrogens (tertiary/aromatic N) is 3. The lowest BCUT2D eigenvalue weighted by atomic mass is 10.1. The lowest BCUT2D eigenvalue weighted by molar-refractivity contribution is 0.666. The van der Waals surface area contributed by atoms with E-state index in [0.717, 1.165) is 60.9 Å². The molecule has 0 spiro atoms. The Balaban J connectivity index is 1.32. The Labute approximate surface area is 231 Å². The summed E-state index contributed by atoms with van der Waals surface area (Å²) in [6, 6.07) is 32.1. The molecule has 9 aromatic rings. The second kappa shape index (κ2) is 8.15. The van der Waals surface area contributed by atoms with Crippen molar-refractivity contribution in [3.8, 4) is 0 Å². The van der Waals surface area contributed by atoms with Crippen molar-refractivity contribution in [2.75, 3.05) is 4.90 Å². The molecule has 40 heavy (non-hydrogen) atoms. The van der Waals surface area contributed by atoms with Crippen LogP contribution in [0.25, 0.3) is 64.0 Å². The molecule has 5 aromatic heterocycles. The van der Waals surface area contributed by atoms with Gasteiger partial charge in [-0.3, -0.25) is 9.97 Å². The predicted octanol–water partition coefficient (Wildman–Crippen LogP) is 10.1. The molecule has 0 unspecified atom stereocenters. The number of rotatable bonds is 3. The number of pyridine rings is 2. The van der Waals surface area contributed by atoms with Crippen LogP contribution in [0.4, 0.5) is 17.1 Å². The summed E-state index contributed by atoms with van der Waals surface area (Å²) in [4.78, 5) is 10.8. The highest BCUT2D eigenvalue weighted by molar-refractivity contribution is 7.25. The van der Waals surface area contributed by atoms with Crippen LogP contribution < -0.4 is 4.90 Å². The van der Waals surface area contributed by atoms with Crippen molar-refractivity contribution in [1.82, 2.24) is 9.97 Å². The molecule has 0 radical (unpaired) electrons. The van der Waals surface area contributed by atoms with Crippen molar-refractivity contribution >= 4 is 92.4 Å². The molecule has 188 valence electrons. The van der Waals surface area contributed by atoms with Gasteiger partial charge in [0, 0.05) is 71.2 Å². The van der Waals surface area contributed by atoms with E-state index in [0.29, 0.717) is 0 Å². The van der Waals surface area contributed by atoms with Gasteiger partial charge in [0.1, 0.15) is 11.2 Å². The van der Waals surface area contributed by atoms with E-state index in [1.54, 1.807) is 12.4 Å². The van der Waals surface area contributed by atoms with Crippen molar-refractivity contribution in [2.24, 2.45) is 0 Å². The summed E-state index contributed by atoms with van der Waals surface area (Å²) in [5.41, 5.74) is 6.42. The van der Waals surface area contributed by atoms with Crippen molar-refractivity contribution < 1.29 is 8.83 Å². The normalized spacial score (nSPS) is 12.0. The van der Waals surface area contributed by atoms with Gasteiger partial charge in [-0.1, -0.05) is 18.2 Å². The molecule has 5 heterocycles. The molecule has 0 bridgehead atoms. The summed E-state index contributed by atoms with van der Waals surface area (Å²) >= 11 is 1.83. The fourth-order valence-corrected chi connectivity index (χ4v) is 6.90. The smallest absolute Gasteiger partial charge is 0.153 e. The number of benzene rings is 4. The zero-order valence-corrected chi connectivity index (χ0v) is 21.9. The van der Waals surface area contributed by atoms with Gasteiger partial charge in [0.15, 0.2) is 11.2 Å². The van der Waals surface area contributed by atoms with Gasteiger partial charge in [-0.25, -0.2) is 0 Å². The second-order valence-electron chi connectivity index (χ2n) is 9.92. The fourth-order valence-electron chi connectivity index (χ4n) is 5.82. The first-order valence-corrected chi connectivity index (χ1v) is 13.9. The van der Waals surface area contributed by atoms with Gasteiger partial charge >= 0.3 is 0 Å². The Morgan fingerprint density at radius 2 is 1.02 bits per heavy atom. The van der Waals surface area contributed by atoms with Crippen LogP contribution >= 0.6 is 11.3 Å². The van der Waals surface area contributed by atoms with E-state index < -0.39 is 0 Å². The number of anilines is 3. The van der Waals surface area contributed by atoms with E-state index in [2.05, 4.69) is 81.6 Å². The summed E-state index contributed by atoms with van der Waals surface area (Å²) in [6.07, 6.45) is 7.17. The molecular formula is C34H19N3O2S. The minimum absolute atomic E-state index is 0.784. The molecule has 0 saturated carbocycles. The lowest BCUT2D eigenvalue weighted by Gasteiger charge is -2.26. The maximum absolute atomic E-state index is 6.09. The standard InChI is InChI=1S/C34H19N3O2S/c1-2-4-33-25(3-1)28-17-22(7-10-34(28)40-33)37(20-5-8-29-26(15-20)23-11-13-35-18-31(23)38-29)21-6-9-30-27(16-21)24-12-14-36-19-32(24)39-30/h1-19H. The van der Waals surface area contributed by atoms with Gasteiger partial charge in [-0.05, 0) is 72.8 Å². The fraction of sp³-hybridized carbons (Fsp3) is 0. The number of aromatic nitrogens is 2. The van der Waals surface area contributed by atoms with Crippen LogP contribution in [0.2, 0.25) is 0 Å². The molecular weight excluding hydrogens is 514 g/mol. The maximum atomic E-state index is 6.09. The summed E-state index contributed by atoms with van der Waals surface area (Å²) < 4.78 is 14.8. The Hall–Kier alpha value is -5.20. The monoisotopic (exact) mass is 533 g/mol. The van der Waals surface area contributed by atoms with Crippen molar-refractivity contribution in [1.29, 1.82) is 0 Å². The zero-order valence-electron chi connectivity index (χ0n) is 21.0. The zero-order chi connectivity index (χ0) is 26.2. The molecule has 0 amide bonds. The average Bonchev–Trinajstić information content (AvgIpc) is 3.68. The first kappa shape index (κ1) is 21.7. The van der Waals surface area contributed by atoms with Gasteiger partial charge in [-0.2, -0.15) is 0 Å². The molecule has 0 saturated heterocycles. The van der Waals surface area contributed by atoms with Gasteiger partial charge in [0.25, 0.3) is 0 Å². The Morgan fingerprint density at radius 1 is 0.475 bits per heavy atom. The average molecular weight is 534 g/mol. The first-order chi connectivity index (χ1) is 19.8. The van der Waals surface area contributed by atoms with Crippen LogP contribution in [0.5, 0.6) is 0 Å². The highest BCUT2D eigenvalue weighted by Crippen LogP contribution is 2.43. The second-order valence-corrected chi connectivity index (χ2v) is 11.0. The molecule has 0 atom stereocenters. The van der Waals surface area contributed by atoms with Gasteiger partial charge in [0.05, 0.1) is 12.4 Å². The third-order valence-electron chi connectivity index (χ3n) is 7.65. The molecule has 0 fully saturated rings. The molecule has 6 heteroatoms. The number of furan rings is 2. The largest absolute Gasteiger partial charge is 0.454 e. The number of hydrogen-bond donors (Lipinski definition) is 0. The summed E-state index contributed by atoms with van der Waals surface area (Å²) in [6.45, 7) is 0. The van der Waals surface area contributed by atoms with Crippen LogP contribution in [0.15, 0.2) is 125 Å². The van der Waals surface area contributed by atoms with Crippen LogP contribution in [-0.2, 0) is 0 Å². The third kappa shape index (κ3) is 3.14. The van der Waals surface area contributed by atoms with E-state index in [-0.39, 0.29) is 0 Å². The molecule has 9 rings (SSSR count). The number of fused-ring (bicyclic) bond motifs is 9. The van der Waals surface area contributed by atoms with Crippen molar-refractivity contribution in [3.05, 3.63) is 116 Å². The van der Waals surface area contributed by atoms with E-state index in [1.165, 1.54) is 20.2 Å². The maximum Gasteiger partial charge on any atom is 0.153 e. The lowest BCUT2D eigenvalue weighted by Crippen LogP contribution is -2.09. The Kier molecular flexibility index (Phi) is 4.42. The van der Waals surface area contributed by atoms with Gasteiger partial charge in [0.2, 0.25) is 0 Å². The molecule has 0 aliphatic rings. The summed E-state index contributed by atoms with van der Waals surface area (Å²) in [5.74, 6) is 0. The topological polar surface area (TPSA) is 55.3 Å². The summed E-state index contributed by atoms with van der Waals surface area (Å²) in [7, 11) is 0. The quantitative estimate of drug-likeness (QED) is 0.226. The van der Waals surface area contributed by atoms with Gasteiger partial charge in [-0.15, -0.1) is 11.3 Å². The molecule has 4 aromatic carbocycles. The highest BCUT2D eigenvalue weighted by atomic mass is 32.1. The summed E-state index contributed by atoms with van der Waals surface area (Å²) in [5, 5.41) is 6.75. The Bertz CT molecular complexity index is 2150. The molecule has 5 nitrogen and oxygen atoms in total. The van der Waals surface area contributed by atoms with Crippen LogP contribution in [0.3, 0.4) is 0 Å². The first-order valence-electron chi connectivity index (χ1n) is 13.0. The predicted molar refractivity (Wildman–Crippen MR) is 164 cm³/mol.